The van der Waals surface area contributed by atoms with Gasteiger partial charge >= 0.3 is 5.69 Å². The summed E-state index contributed by atoms with van der Waals surface area (Å²) in [5.74, 6) is -1.35. The zero-order valence-corrected chi connectivity index (χ0v) is 24.0. The molecule has 1 aromatic heterocycles. The first-order chi connectivity index (χ1) is 21.1. The predicted octanol–water partition coefficient (Wildman–Crippen LogP) is -7.18. The molecule has 0 aliphatic carbocycles. The second-order valence-electron chi connectivity index (χ2n) is 11.1. The second kappa shape index (κ2) is 14.3. The van der Waals surface area contributed by atoms with E-state index in [1.54, 1.807) is 0 Å². The maximum Gasteiger partial charge on any atom is 0.330 e. The van der Waals surface area contributed by atoms with Gasteiger partial charge in [-0.25, -0.2) is 4.79 Å². The van der Waals surface area contributed by atoms with E-state index in [0.29, 0.717) is 0 Å². The van der Waals surface area contributed by atoms with E-state index in [1.807, 2.05) is 4.98 Å². The summed E-state index contributed by atoms with van der Waals surface area (Å²) in [6.45, 7) is 1.43. The summed E-state index contributed by atoms with van der Waals surface area (Å²) in [6, 6.07) is -1.95. The van der Waals surface area contributed by atoms with Crippen molar-refractivity contribution in [1.29, 1.82) is 0 Å². The third-order valence-corrected chi connectivity index (χ3v) is 7.84. The number of amides is 2. The summed E-state index contributed by atoms with van der Waals surface area (Å²) in [7, 11) is 0. The van der Waals surface area contributed by atoms with Crippen LogP contribution < -0.4 is 21.9 Å². The number of carbonyl (C=O) groups excluding carboxylic acids is 2. The smallest absolute Gasteiger partial charge is 0.330 e. The van der Waals surface area contributed by atoms with Crippen molar-refractivity contribution in [3.05, 3.63) is 33.1 Å². The van der Waals surface area contributed by atoms with E-state index in [-0.39, 0.29) is 0 Å². The van der Waals surface area contributed by atoms with Gasteiger partial charge in [-0.15, -0.1) is 0 Å². The van der Waals surface area contributed by atoms with E-state index in [4.69, 9.17) is 18.9 Å². The van der Waals surface area contributed by atoms with E-state index in [9.17, 15) is 60.0 Å². The van der Waals surface area contributed by atoms with Crippen LogP contribution in [0.3, 0.4) is 0 Å². The first-order valence-corrected chi connectivity index (χ1v) is 14.0. The Labute approximate surface area is 253 Å². The molecule has 0 radical (unpaired) electrons. The van der Waals surface area contributed by atoms with Gasteiger partial charge in [-0.2, -0.15) is 0 Å². The lowest BCUT2D eigenvalue weighted by molar-refractivity contribution is -0.347. The molecule has 6 unspecified atom stereocenters. The quantitative estimate of drug-likeness (QED) is 0.118. The molecule has 20 heteroatoms. The van der Waals surface area contributed by atoms with Gasteiger partial charge < -0.3 is 70.4 Å². The largest absolute Gasteiger partial charge is 0.394 e. The number of ether oxygens (including phenoxy) is 4. The minimum absolute atomic E-state index is 0.589. The maximum atomic E-state index is 12.2. The Morgan fingerprint density at radius 1 is 0.867 bits per heavy atom. The Bertz CT molecular complexity index is 1310. The highest BCUT2D eigenvalue weighted by Crippen LogP contribution is 2.34. The summed E-state index contributed by atoms with van der Waals surface area (Å²) >= 11 is 0. The maximum absolute atomic E-state index is 12.2. The molecule has 0 saturated carbocycles. The summed E-state index contributed by atoms with van der Waals surface area (Å²) in [6.07, 6.45) is -21.1. The van der Waals surface area contributed by atoms with Gasteiger partial charge in [0.25, 0.3) is 5.56 Å². The molecule has 0 spiro atoms. The van der Waals surface area contributed by atoms with E-state index < -0.39 is 128 Å². The Balaban J connectivity index is 1.55. The minimum Gasteiger partial charge on any atom is -0.394 e. The van der Waals surface area contributed by atoms with Crippen LogP contribution in [-0.4, -0.2) is 155 Å². The molecule has 0 aromatic carbocycles. The Kier molecular flexibility index (Phi) is 11.1. The van der Waals surface area contributed by atoms with E-state index in [2.05, 4.69) is 10.6 Å². The standard InChI is InChI=1S/C25H38N4O16/c1-7(31)26-13-17(37)15(35)10(42-23(13)45-24-14(27-8(2)32)18(38)16(36)11(6-30)43-24)5-9(33)21-19(39)20(40)22(44-21)29-4-3-12(34)28-25(29)41/h3-4,9-11,13-24,30,33,35-40H,5-6H2,1-2H3,(H,26,31)(H,27,32)(H,28,34,41)/t9-,10-,11+,13?,14?,15?,16?,17?,18?,19+,20-,21+,22-,23+,24-/m1/s1. The van der Waals surface area contributed by atoms with Crippen LogP contribution in [0.15, 0.2) is 21.9 Å². The van der Waals surface area contributed by atoms with Gasteiger partial charge in [-0.05, 0) is 0 Å². The van der Waals surface area contributed by atoms with Crippen molar-refractivity contribution in [3.8, 4) is 0 Å². The summed E-state index contributed by atoms with van der Waals surface area (Å²) < 4.78 is 23.5. The van der Waals surface area contributed by atoms with Gasteiger partial charge in [0.2, 0.25) is 11.8 Å². The first kappa shape index (κ1) is 35.0. The molecule has 3 fully saturated rings. The number of H-pyrrole nitrogens is 1. The van der Waals surface area contributed by atoms with Crippen LogP contribution in [0.4, 0.5) is 0 Å². The Morgan fingerprint density at radius 3 is 1.91 bits per heavy atom. The zero-order valence-electron chi connectivity index (χ0n) is 24.0. The van der Waals surface area contributed by atoms with Crippen molar-refractivity contribution < 1.29 is 69.4 Å². The second-order valence-corrected chi connectivity index (χ2v) is 11.1. The molecule has 3 aliphatic rings. The number of carbonyl (C=O) groups is 2. The van der Waals surface area contributed by atoms with Crippen LogP contribution in [0.25, 0.3) is 0 Å². The van der Waals surface area contributed by atoms with Crippen LogP contribution in [0.5, 0.6) is 0 Å². The summed E-state index contributed by atoms with van der Waals surface area (Å²) in [5.41, 5.74) is -1.69. The number of aliphatic hydroxyl groups is 8. The van der Waals surface area contributed by atoms with Gasteiger partial charge in [0, 0.05) is 32.5 Å². The van der Waals surface area contributed by atoms with E-state index in [0.717, 1.165) is 30.7 Å². The van der Waals surface area contributed by atoms with Gasteiger partial charge in [0.15, 0.2) is 18.8 Å². The van der Waals surface area contributed by atoms with Crippen molar-refractivity contribution in [2.75, 3.05) is 6.61 Å². The predicted molar refractivity (Wildman–Crippen MR) is 143 cm³/mol. The van der Waals surface area contributed by atoms with Crippen molar-refractivity contribution in [2.24, 2.45) is 0 Å². The van der Waals surface area contributed by atoms with Gasteiger partial charge in [-0.3, -0.25) is 23.9 Å². The molecule has 11 N–H and O–H groups in total. The third-order valence-electron chi connectivity index (χ3n) is 7.84. The van der Waals surface area contributed by atoms with Crippen molar-refractivity contribution in [3.63, 3.8) is 0 Å². The van der Waals surface area contributed by atoms with Crippen LogP contribution in [-0.2, 0) is 28.5 Å². The topological polar surface area (TPSA) is 312 Å². The first-order valence-electron chi connectivity index (χ1n) is 14.0. The highest BCUT2D eigenvalue weighted by Gasteiger charge is 2.53. The molecule has 4 rings (SSSR count). The van der Waals surface area contributed by atoms with Crippen LogP contribution in [0.2, 0.25) is 0 Å². The minimum atomic E-state index is -1.82. The summed E-state index contributed by atoms with van der Waals surface area (Å²) in [5, 5.41) is 89.1. The monoisotopic (exact) mass is 650 g/mol. The number of aromatic nitrogens is 2. The normalized spacial score (nSPS) is 40.9. The van der Waals surface area contributed by atoms with Crippen LogP contribution in [0, 0.1) is 0 Å². The Hall–Kier alpha value is -2.86. The molecule has 254 valence electrons. The van der Waals surface area contributed by atoms with Crippen molar-refractivity contribution >= 4 is 11.8 Å². The van der Waals surface area contributed by atoms with E-state index in [1.165, 1.54) is 0 Å². The molecule has 45 heavy (non-hydrogen) atoms. The third kappa shape index (κ3) is 7.42. The van der Waals surface area contributed by atoms with Crippen molar-refractivity contribution in [2.45, 2.75) is 112 Å². The van der Waals surface area contributed by atoms with E-state index >= 15 is 0 Å². The fraction of sp³-hybridized carbons (Fsp3) is 0.760. The highest BCUT2D eigenvalue weighted by atomic mass is 16.8. The lowest BCUT2D eigenvalue weighted by Gasteiger charge is -2.47. The molecule has 4 heterocycles. The highest BCUT2D eigenvalue weighted by molar-refractivity contribution is 5.73. The molecular formula is C25H38N4O16. The molecule has 1 aromatic rings. The average Bonchev–Trinajstić information content (AvgIpc) is 3.26. The van der Waals surface area contributed by atoms with Gasteiger partial charge in [-0.1, -0.05) is 0 Å². The molecule has 0 bridgehead atoms. The van der Waals surface area contributed by atoms with Crippen LogP contribution >= 0.6 is 0 Å². The number of nitrogens with zero attached hydrogens (tertiary/aromatic N) is 1. The lowest BCUT2D eigenvalue weighted by atomic mass is 9.91. The zero-order chi connectivity index (χ0) is 33.3. The Morgan fingerprint density at radius 2 is 1.40 bits per heavy atom. The van der Waals surface area contributed by atoms with Crippen LogP contribution in [0.1, 0.15) is 26.5 Å². The van der Waals surface area contributed by atoms with Gasteiger partial charge in [0.1, 0.15) is 60.9 Å². The molecular weight excluding hydrogens is 612 g/mol. The molecule has 2 amide bonds. The number of hydrogen-bond donors (Lipinski definition) is 11. The fourth-order valence-electron chi connectivity index (χ4n) is 5.58. The summed E-state index contributed by atoms with van der Waals surface area (Å²) in [4.78, 5) is 49.3. The fourth-order valence-corrected chi connectivity index (χ4v) is 5.58. The molecule has 20 nitrogen and oxygen atoms in total. The number of aliphatic hydroxyl groups excluding tert-OH is 8. The number of rotatable bonds is 9. The SMILES string of the molecule is CC(=O)NC1C(O)C(O)[C@H](CO)O[C@@H]1O[C@@H]1O[C@H](C[C@@H](O)[C@@H]2O[C@@H](n3ccc(=O)[nH]c3=O)[C@H](O)[C@@H]2O)C(O)C(O)C1NC(C)=O. The molecule has 3 saturated heterocycles. The molecule has 15 atom stereocenters. The number of nitrogens with one attached hydrogen (secondary N) is 3. The average molecular weight is 651 g/mol. The number of aromatic amines is 1. The molecule has 3 aliphatic heterocycles. The number of hydrogen-bond acceptors (Lipinski definition) is 16. The lowest BCUT2D eigenvalue weighted by Crippen LogP contribution is -2.68. The van der Waals surface area contributed by atoms with Crippen molar-refractivity contribution in [1.82, 2.24) is 20.2 Å². The van der Waals surface area contributed by atoms with Gasteiger partial charge in [0.05, 0.1) is 18.8 Å².